The quantitative estimate of drug-likeness (QED) is 0.104. The van der Waals surface area contributed by atoms with E-state index in [1.54, 1.807) is 30.3 Å². The Hall–Kier alpha value is -3.09. The first-order chi connectivity index (χ1) is 16.6. The van der Waals surface area contributed by atoms with Crippen LogP contribution in [-0.4, -0.2) is 29.6 Å². The van der Waals surface area contributed by atoms with Crippen molar-refractivity contribution in [2.24, 2.45) is 5.10 Å². The number of amides is 1. The molecule has 12 heteroatoms. The average Bonchev–Trinajstić information content (AvgIpc) is 2.80. The van der Waals surface area contributed by atoms with Crippen LogP contribution in [0.5, 0.6) is 11.5 Å². The Kier molecular flexibility index (Phi) is 9.13. The highest BCUT2D eigenvalue weighted by molar-refractivity contribution is 9.11. The van der Waals surface area contributed by atoms with Crippen LogP contribution in [0.3, 0.4) is 0 Å². The van der Waals surface area contributed by atoms with Gasteiger partial charge in [-0.25, -0.2) is 10.2 Å². The number of rotatable bonds is 8. The Morgan fingerprint density at radius 1 is 1.09 bits per heavy atom. The van der Waals surface area contributed by atoms with Crippen molar-refractivity contribution in [2.75, 3.05) is 6.61 Å². The van der Waals surface area contributed by atoms with Gasteiger partial charge in [0.25, 0.3) is 11.6 Å². The SMILES string of the molecule is Cc1cccc(C(=O)Oc2c(Br)cc(Br)cc2/C=N/NC(=O)COc2ccc([N+](=O)[O-])cc2Br)c1. The molecule has 0 saturated carbocycles. The molecule has 0 aromatic heterocycles. The molecule has 0 bridgehead atoms. The van der Waals surface area contributed by atoms with Crippen LogP contribution in [0.15, 0.2) is 73.1 Å². The van der Waals surface area contributed by atoms with E-state index in [1.165, 1.54) is 24.4 Å². The lowest BCUT2D eigenvalue weighted by atomic mass is 10.1. The van der Waals surface area contributed by atoms with Gasteiger partial charge in [0.15, 0.2) is 12.4 Å². The fourth-order valence-electron chi connectivity index (χ4n) is 2.78. The van der Waals surface area contributed by atoms with Crippen LogP contribution in [0.2, 0.25) is 0 Å². The van der Waals surface area contributed by atoms with E-state index in [9.17, 15) is 19.7 Å². The number of nitro groups is 1. The van der Waals surface area contributed by atoms with Crippen molar-refractivity contribution in [3.63, 3.8) is 0 Å². The van der Waals surface area contributed by atoms with Gasteiger partial charge >= 0.3 is 5.97 Å². The van der Waals surface area contributed by atoms with Gasteiger partial charge < -0.3 is 9.47 Å². The summed E-state index contributed by atoms with van der Waals surface area (Å²) in [6.07, 6.45) is 1.33. The standard InChI is InChI=1S/C23H16Br3N3O6/c1-13-3-2-4-14(7-13)23(31)35-22-15(8-16(24)9-19(22)26)11-27-28-21(30)12-34-20-6-5-17(29(32)33)10-18(20)25/h2-11H,12H2,1H3,(H,28,30)/b27-11+. The normalized spacial score (nSPS) is 10.7. The average molecular weight is 670 g/mol. The molecule has 9 nitrogen and oxygen atoms in total. The summed E-state index contributed by atoms with van der Waals surface area (Å²) in [6.45, 7) is 1.49. The Balaban J connectivity index is 1.66. The minimum atomic E-state index is -0.570. The minimum absolute atomic E-state index is 0.114. The molecule has 0 fully saturated rings. The first-order valence-corrected chi connectivity index (χ1v) is 12.2. The number of nitro benzene ring substituents is 1. The number of non-ortho nitro benzene ring substituents is 1. The smallest absolute Gasteiger partial charge is 0.343 e. The van der Waals surface area contributed by atoms with Crippen LogP contribution < -0.4 is 14.9 Å². The number of hydrogen-bond donors (Lipinski definition) is 1. The molecule has 0 aliphatic carbocycles. The fraction of sp³-hybridized carbons (Fsp3) is 0.0870. The molecule has 0 spiro atoms. The molecule has 0 saturated heterocycles. The highest BCUT2D eigenvalue weighted by Gasteiger charge is 2.16. The lowest BCUT2D eigenvalue weighted by Crippen LogP contribution is -2.24. The van der Waals surface area contributed by atoms with Crippen molar-refractivity contribution < 1.29 is 24.0 Å². The number of nitrogens with zero attached hydrogens (tertiary/aromatic N) is 2. The van der Waals surface area contributed by atoms with Crippen molar-refractivity contribution in [1.29, 1.82) is 0 Å². The van der Waals surface area contributed by atoms with Crippen molar-refractivity contribution >= 4 is 71.6 Å². The number of hydrogen-bond acceptors (Lipinski definition) is 7. The van der Waals surface area contributed by atoms with E-state index in [0.29, 0.717) is 24.5 Å². The van der Waals surface area contributed by atoms with Crippen LogP contribution in [0, 0.1) is 17.0 Å². The third-order valence-electron chi connectivity index (χ3n) is 4.36. The summed E-state index contributed by atoms with van der Waals surface area (Å²) in [6, 6.07) is 14.3. The molecule has 3 aromatic carbocycles. The predicted octanol–water partition coefficient (Wildman–Crippen LogP) is 5.94. The first-order valence-electron chi connectivity index (χ1n) is 9.80. The Bertz CT molecular complexity index is 1330. The second-order valence-corrected chi connectivity index (χ2v) is 9.64. The Labute approximate surface area is 225 Å². The fourth-order valence-corrected chi connectivity index (χ4v) is 4.60. The van der Waals surface area contributed by atoms with Crippen LogP contribution in [-0.2, 0) is 4.79 Å². The number of carbonyl (C=O) groups is 2. The molecular weight excluding hydrogens is 654 g/mol. The second-order valence-electron chi connectivity index (χ2n) is 7.02. The third kappa shape index (κ3) is 7.44. The number of esters is 1. The summed E-state index contributed by atoms with van der Waals surface area (Å²) in [5, 5.41) is 14.7. The van der Waals surface area contributed by atoms with Gasteiger partial charge in [-0.15, -0.1) is 0 Å². The van der Waals surface area contributed by atoms with Gasteiger partial charge in [0.05, 0.1) is 25.6 Å². The monoisotopic (exact) mass is 667 g/mol. The second kappa shape index (κ2) is 12.0. The largest absolute Gasteiger partial charge is 0.483 e. The molecule has 0 aliphatic heterocycles. The van der Waals surface area contributed by atoms with E-state index in [-0.39, 0.29) is 23.8 Å². The Morgan fingerprint density at radius 3 is 2.54 bits per heavy atom. The number of aryl methyl sites for hydroxylation is 1. The topological polar surface area (TPSA) is 120 Å². The maximum absolute atomic E-state index is 12.6. The van der Waals surface area contributed by atoms with Crippen molar-refractivity contribution in [3.05, 3.63) is 94.8 Å². The molecule has 1 amide bonds. The minimum Gasteiger partial charge on any atom is -0.483 e. The number of benzene rings is 3. The van der Waals surface area contributed by atoms with E-state index in [0.717, 1.165) is 5.56 Å². The zero-order chi connectivity index (χ0) is 25.5. The molecule has 0 aliphatic rings. The summed E-state index contributed by atoms with van der Waals surface area (Å²) in [5.74, 6) is -0.629. The Morgan fingerprint density at radius 2 is 1.86 bits per heavy atom. The lowest BCUT2D eigenvalue weighted by molar-refractivity contribution is -0.384. The summed E-state index contributed by atoms with van der Waals surface area (Å²) in [4.78, 5) is 35.0. The predicted molar refractivity (Wildman–Crippen MR) is 140 cm³/mol. The number of ether oxygens (including phenoxy) is 2. The van der Waals surface area contributed by atoms with Crippen LogP contribution >= 0.6 is 47.8 Å². The summed E-state index contributed by atoms with van der Waals surface area (Å²) < 4.78 is 12.5. The highest BCUT2D eigenvalue weighted by Crippen LogP contribution is 2.33. The molecule has 0 unspecified atom stereocenters. The number of hydrazone groups is 1. The summed E-state index contributed by atoms with van der Waals surface area (Å²) in [5.41, 5.74) is 3.94. The van der Waals surface area contributed by atoms with E-state index in [1.807, 2.05) is 13.0 Å². The first kappa shape index (κ1) is 26.5. The van der Waals surface area contributed by atoms with E-state index < -0.39 is 16.8 Å². The van der Waals surface area contributed by atoms with Gasteiger partial charge in [-0.2, -0.15) is 5.10 Å². The van der Waals surface area contributed by atoms with Gasteiger partial charge in [0, 0.05) is 22.2 Å². The number of nitrogens with one attached hydrogen (secondary N) is 1. The maximum atomic E-state index is 12.6. The zero-order valence-corrected chi connectivity index (χ0v) is 22.7. The molecule has 3 aromatic rings. The number of carbonyl (C=O) groups excluding carboxylic acids is 2. The molecular formula is C23H16Br3N3O6. The highest BCUT2D eigenvalue weighted by atomic mass is 79.9. The van der Waals surface area contributed by atoms with Crippen molar-refractivity contribution in [3.8, 4) is 11.5 Å². The van der Waals surface area contributed by atoms with E-state index in [2.05, 4.69) is 58.3 Å². The molecule has 180 valence electrons. The molecule has 1 N–H and O–H groups in total. The van der Waals surface area contributed by atoms with E-state index >= 15 is 0 Å². The van der Waals surface area contributed by atoms with Gasteiger partial charge in [0.1, 0.15) is 5.75 Å². The van der Waals surface area contributed by atoms with Crippen LogP contribution in [0.1, 0.15) is 21.5 Å². The maximum Gasteiger partial charge on any atom is 0.343 e. The van der Waals surface area contributed by atoms with Crippen molar-refractivity contribution in [2.45, 2.75) is 6.92 Å². The molecule has 3 rings (SSSR count). The third-order valence-corrected chi connectivity index (χ3v) is 6.03. The number of halogens is 3. The van der Waals surface area contributed by atoms with Gasteiger partial charge in [-0.05, 0) is 69.1 Å². The van der Waals surface area contributed by atoms with Crippen molar-refractivity contribution in [1.82, 2.24) is 5.43 Å². The lowest BCUT2D eigenvalue weighted by Gasteiger charge is -2.11. The van der Waals surface area contributed by atoms with E-state index in [4.69, 9.17) is 9.47 Å². The molecule has 35 heavy (non-hydrogen) atoms. The van der Waals surface area contributed by atoms with Gasteiger partial charge in [-0.1, -0.05) is 33.6 Å². The zero-order valence-electron chi connectivity index (χ0n) is 18.0. The summed E-state index contributed by atoms with van der Waals surface area (Å²) >= 11 is 9.93. The van der Waals surface area contributed by atoms with Gasteiger partial charge in [0.2, 0.25) is 0 Å². The molecule has 0 atom stereocenters. The van der Waals surface area contributed by atoms with Crippen LogP contribution in [0.25, 0.3) is 0 Å². The molecule has 0 radical (unpaired) electrons. The molecule has 0 heterocycles. The summed E-state index contributed by atoms with van der Waals surface area (Å²) in [7, 11) is 0. The van der Waals surface area contributed by atoms with Crippen LogP contribution in [0.4, 0.5) is 5.69 Å². The van der Waals surface area contributed by atoms with Gasteiger partial charge in [-0.3, -0.25) is 14.9 Å².